The number of carbonyl (C=O) groups is 1. The van der Waals surface area contributed by atoms with Crippen LogP contribution in [-0.2, 0) is 17.6 Å². The molecule has 0 spiro atoms. The zero-order valence-electron chi connectivity index (χ0n) is 13.0. The average Bonchev–Trinajstić information content (AvgIpc) is 2.95. The van der Waals surface area contributed by atoms with Crippen molar-refractivity contribution in [3.63, 3.8) is 0 Å². The maximum atomic E-state index is 12.5. The Hall–Kier alpha value is -2.27. The molecule has 0 saturated carbocycles. The van der Waals surface area contributed by atoms with Gasteiger partial charge in [-0.05, 0) is 30.4 Å². The molecule has 2 aromatic rings. The molecule has 1 aromatic carbocycles. The fourth-order valence-electron chi connectivity index (χ4n) is 3.10. The smallest absolute Gasteiger partial charge is 0.223 e. The summed E-state index contributed by atoms with van der Waals surface area (Å²) >= 11 is 0. The van der Waals surface area contributed by atoms with Crippen molar-refractivity contribution in [2.24, 2.45) is 0 Å². The highest BCUT2D eigenvalue weighted by Crippen LogP contribution is 2.23. The molecule has 2 atom stereocenters. The molecule has 0 bridgehead atoms. The monoisotopic (exact) mass is 311 g/mol. The summed E-state index contributed by atoms with van der Waals surface area (Å²) in [5.74, 6) is 0.0892. The molecule has 1 aliphatic heterocycles. The molecule has 3 rings (SSSR count). The Labute approximate surface area is 136 Å². The van der Waals surface area contributed by atoms with Crippen molar-refractivity contribution in [1.82, 2.24) is 14.9 Å². The molecule has 1 fully saturated rings. The van der Waals surface area contributed by atoms with Crippen molar-refractivity contribution in [3.05, 3.63) is 60.2 Å². The van der Waals surface area contributed by atoms with Gasteiger partial charge in [-0.3, -0.25) is 4.79 Å². The average molecular weight is 311 g/mol. The first kappa shape index (κ1) is 15.6. The van der Waals surface area contributed by atoms with Crippen molar-refractivity contribution in [1.29, 1.82) is 0 Å². The Kier molecular flexibility index (Phi) is 4.98. The third-order valence-electron chi connectivity index (χ3n) is 4.36. The van der Waals surface area contributed by atoms with E-state index in [2.05, 4.69) is 9.97 Å². The topological polar surface area (TPSA) is 66.3 Å². The summed E-state index contributed by atoms with van der Waals surface area (Å²) in [5, 5.41) is 10.2. The van der Waals surface area contributed by atoms with E-state index in [4.69, 9.17) is 0 Å². The fraction of sp³-hybridized carbons (Fsp3) is 0.389. The van der Waals surface area contributed by atoms with Crippen molar-refractivity contribution in [3.8, 4) is 0 Å². The Bertz CT molecular complexity index is 633. The van der Waals surface area contributed by atoms with E-state index in [0.29, 0.717) is 32.2 Å². The van der Waals surface area contributed by atoms with Gasteiger partial charge in [0.1, 0.15) is 6.33 Å². The number of hydrogen-bond acceptors (Lipinski definition) is 4. The van der Waals surface area contributed by atoms with E-state index in [1.54, 1.807) is 12.4 Å². The van der Waals surface area contributed by atoms with Gasteiger partial charge in [-0.1, -0.05) is 30.3 Å². The van der Waals surface area contributed by atoms with Gasteiger partial charge in [0, 0.05) is 25.4 Å². The van der Waals surface area contributed by atoms with Crippen LogP contribution < -0.4 is 0 Å². The molecule has 0 radical (unpaired) electrons. The molecule has 5 nitrogen and oxygen atoms in total. The number of benzene rings is 1. The lowest BCUT2D eigenvalue weighted by Gasteiger charge is -2.26. The fourth-order valence-corrected chi connectivity index (χ4v) is 3.10. The van der Waals surface area contributed by atoms with Crippen LogP contribution >= 0.6 is 0 Å². The Morgan fingerprint density at radius 2 is 1.91 bits per heavy atom. The van der Waals surface area contributed by atoms with E-state index < -0.39 is 6.10 Å². The minimum Gasteiger partial charge on any atom is -0.391 e. The van der Waals surface area contributed by atoms with Gasteiger partial charge in [-0.15, -0.1) is 0 Å². The number of aliphatic hydroxyl groups excluding tert-OH is 1. The zero-order valence-corrected chi connectivity index (χ0v) is 13.0. The van der Waals surface area contributed by atoms with Crippen molar-refractivity contribution in [2.75, 3.05) is 6.54 Å². The molecule has 5 heteroatoms. The number of amides is 1. The van der Waals surface area contributed by atoms with Crippen LogP contribution in [0, 0.1) is 0 Å². The first-order valence-electron chi connectivity index (χ1n) is 7.99. The molecular weight excluding hydrogens is 290 g/mol. The van der Waals surface area contributed by atoms with Gasteiger partial charge in [0.2, 0.25) is 5.91 Å². The lowest BCUT2D eigenvalue weighted by molar-refractivity contribution is -0.132. The van der Waals surface area contributed by atoms with E-state index >= 15 is 0 Å². The Morgan fingerprint density at radius 3 is 2.65 bits per heavy atom. The number of aromatic nitrogens is 2. The predicted octanol–water partition coefficient (Wildman–Crippen LogP) is 1.61. The standard InChI is InChI=1S/C18H21N3O2/c22-17-8-9-21(16(17)10-14-4-2-1-3-5-14)18(23)7-6-15-11-19-13-20-12-15/h1-5,11-13,16-17,22H,6-10H2/t16-,17-/m0/s1. The highest BCUT2D eigenvalue weighted by molar-refractivity contribution is 5.77. The van der Waals surface area contributed by atoms with Crippen molar-refractivity contribution < 1.29 is 9.90 Å². The molecule has 1 aliphatic rings. The number of likely N-dealkylation sites (tertiary alicyclic amines) is 1. The molecule has 1 saturated heterocycles. The summed E-state index contributed by atoms with van der Waals surface area (Å²) in [7, 11) is 0. The molecular formula is C18H21N3O2. The molecule has 0 unspecified atom stereocenters. The Morgan fingerprint density at radius 1 is 1.17 bits per heavy atom. The molecule has 1 aromatic heterocycles. The van der Waals surface area contributed by atoms with Crippen LogP contribution in [0.5, 0.6) is 0 Å². The van der Waals surface area contributed by atoms with Gasteiger partial charge in [0.15, 0.2) is 0 Å². The lowest BCUT2D eigenvalue weighted by Crippen LogP contribution is -2.41. The second-order valence-corrected chi connectivity index (χ2v) is 5.95. The largest absolute Gasteiger partial charge is 0.391 e. The quantitative estimate of drug-likeness (QED) is 0.911. The normalized spacial score (nSPS) is 20.7. The molecule has 23 heavy (non-hydrogen) atoms. The minimum absolute atomic E-state index is 0.0892. The van der Waals surface area contributed by atoms with Crippen LogP contribution in [0.15, 0.2) is 49.1 Å². The summed E-state index contributed by atoms with van der Waals surface area (Å²) in [6.07, 6.45) is 6.91. The van der Waals surface area contributed by atoms with Crippen LogP contribution in [0.1, 0.15) is 24.0 Å². The van der Waals surface area contributed by atoms with Crippen LogP contribution in [0.25, 0.3) is 0 Å². The number of aliphatic hydroxyl groups is 1. The number of rotatable bonds is 5. The van der Waals surface area contributed by atoms with Crippen LogP contribution in [-0.4, -0.2) is 44.6 Å². The Balaban J connectivity index is 1.62. The number of hydrogen-bond donors (Lipinski definition) is 1. The van der Waals surface area contributed by atoms with Crippen LogP contribution in [0.2, 0.25) is 0 Å². The molecule has 2 heterocycles. The van der Waals surface area contributed by atoms with Crippen LogP contribution in [0.4, 0.5) is 0 Å². The summed E-state index contributed by atoms with van der Waals surface area (Å²) in [5.41, 5.74) is 2.10. The lowest BCUT2D eigenvalue weighted by atomic mass is 10.0. The highest BCUT2D eigenvalue weighted by atomic mass is 16.3. The highest BCUT2D eigenvalue weighted by Gasteiger charge is 2.35. The maximum absolute atomic E-state index is 12.5. The maximum Gasteiger partial charge on any atom is 0.223 e. The second-order valence-electron chi connectivity index (χ2n) is 5.95. The van der Waals surface area contributed by atoms with Gasteiger partial charge in [0.25, 0.3) is 0 Å². The number of nitrogens with zero attached hydrogens (tertiary/aromatic N) is 3. The number of carbonyl (C=O) groups excluding carboxylic acids is 1. The summed E-state index contributed by atoms with van der Waals surface area (Å²) in [6.45, 7) is 0.628. The first-order valence-corrected chi connectivity index (χ1v) is 7.99. The van der Waals surface area contributed by atoms with Crippen LogP contribution in [0.3, 0.4) is 0 Å². The van der Waals surface area contributed by atoms with E-state index in [0.717, 1.165) is 11.1 Å². The third-order valence-corrected chi connectivity index (χ3v) is 4.36. The summed E-state index contributed by atoms with van der Waals surface area (Å²) in [6, 6.07) is 9.89. The SMILES string of the molecule is O=C(CCc1cncnc1)N1CC[C@H](O)[C@@H]1Cc1ccccc1. The zero-order chi connectivity index (χ0) is 16.1. The summed E-state index contributed by atoms with van der Waals surface area (Å²) < 4.78 is 0. The summed E-state index contributed by atoms with van der Waals surface area (Å²) in [4.78, 5) is 22.3. The van der Waals surface area contributed by atoms with E-state index in [-0.39, 0.29) is 11.9 Å². The van der Waals surface area contributed by atoms with Gasteiger partial charge in [0.05, 0.1) is 12.1 Å². The molecule has 1 amide bonds. The minimum atomic E-state index is -0.445. The molecule has 120 valence electrons. The van der Waals surface area contributed by atoms with E-state index in [1.165, 1.54) is 6.33 Å². The van der Waals surface area contributed by atoms with Crippen molar-refractivity contribution >= 4 is 5.91 Å². The van der Waals surface area contributed by atoms with Gasteiger partial charge in [-0.2, -0.15) is 0 Å². The van der Waals surface area contributed by atoms with Gasteiger partial charge in [-0.25, -0.2) is 9.97 Å². The molecule has 1 N–H and O–H groups in total. The second kappa shape index (κ2) is 7.33. The number of aryl methyl sites for hydroxylation is 1. The van der Waals surface area contributed by atoms with Gasteiger partial charge < -0.3 is 10.0 Å². The third kappa shape index (κ3) is 3.93. The van der Waals surface area contributed by atoms with E-state index in [9.17, 15) is 9.90 Å². The predicted molar refractivity (Wildman–Crippen MR) is 86.6 cm³/mol. The first-order chi connectivity index (χ1) is 11.2. The van der Waals surface area contributed by atoms with E-state index in [1.807, 2.05) is 35.2 Å². The molecule has 0 aliphatic carbocycles. The van der Waals surface area contributed by atoms with Gasteiger partial charge >= 0.3 is 0 Å². The van der Waals surface area contributed by atoms with Crippen molar-refractivity contribution in [2.45, 2.75) is 37.8 Å².